The molecule has 92 valence electrons. The number of nitrogens with zero attached hydrogens (tertiary/aromatic N) is 1. The zero-order chi connectivity index (χ0) is 12.1. The Hall–Kier alpha value is -1.42. The summed E-state index contributed by atoms with van der Waals surface area (Å²) < 4.78 is 5.58. The summed E-state index contributed by atoms with van der Waals surface area (Å²) >= 11 is 0. The minimum absolute atomic E-state index is 0.0759. The molecule has 0 atom stereocenters. The first-order valence-corrected chi connectivity index (χ1v) is 6.02. The van der Waals surface area contributed by atoms with E-state index in [0.29, 0.717) is 18.2 Å². The van der Waals surface area contributed by atoms with Crippen molar-refractivity contribution in [2.45, 2.75) is 32.3 Å². The normalized spacial score (nSPS) is 16.2. The van der Waals surface area contributed by atoms with Gasteiger partial charge in [-0.3, -0.25) is 0 Å². The van der Waals surface area contributed by atoms with Crippen LogP contribution in [0.25, 0.3) is 0 Å². The van der Waals surface area contributed by atoms with E-state index in [1.165, 1.54) is 31.7 Å². The monoisotopic (exact) mass is 235 g/mol. The van der Waals surface area contributed by atoms with Crippen molar-refractivity contribution < 1.29 is 14.6 Å². The second kappa shape index (κ2) is 5.77. The first-order valence-electron chi connectivity index (χ1n) is 6.02. The van der Waals surface area contributed by atoms with Crippen LogP contribution >= 0.6 is 0 Å². The summed E-state index contributed by atoms with van der Waals surface area (Å²) in [6.45, 7) is 1.16. The molecular weight excluding hydrogens is 218 g/mol. The van der Waals surface area contributed by atoms with E-state index in [1.54, 1.807) is 12.1 Å². The lowest BCUT2D eigenvalue weighted by molar-refractivity contribution is 0.0686. The molecule has 0 aromatic carbocycles. The summed E-state index contributed by atoms with van der Waals surface area (Å²) in [7, 11) is 0. The molecule has 4 heteroatoms. The maximum absolute atomic E-state index is 10.7. The smallest absolute Gasteiger partial charge is 0.354 e. The Morgan fingerprint density at radius 1 is 1.41 bits per heavy atom. The Balaban J connectivity index is 1.81. The van der Waals surface area contributed by atoms with Crippen LogP contribution in [0.1, 0.15) is 41.9 Å². The van der Waals surface area contributed by atoms with Gasteiger partial charge in [0, 0.05) is 6.61 Å². The summed E-state index contributed by atoms with van der Waals surface area (Å²) in [5.74, 6) is -0.319. The fraction of sp³-hybridized carbons (Fsp3) is 0.538. The number of aromatic nitrogens is 1. The molecular formula is C13H17NO3. The van der Waals surface area contributed by atoms with Crippen molar-refractivity contribution in [2.75, 3.05) is 6.61 Å². The van der Waals surface area contributed by atoms with Gasteiger partial charge in [-0.05, 0) is 30.9 Å². The third kappa shape index (κ3) is 3.53. The van der Waals surface area contributed by atoms with E-state index < -0.39 is 5.97 Å². The molecule has 0 unspecified atom stereocenters. The first kappa shape index (κ1) is 12.0. The molecule has 1 aliphatic rings. The molecule has 1 aromatic heterocycles. The molecule has 0 spiro atoms. The Morgan fingerprint density at radius 2 is 2.18 bits per heavy atom. The molecule has 1 heterocycles. The summed E-state index contributed by atoms with van der Waals surface area (Å²) in [4.78, 5) is 14.7. The van der Waals surface area contributed by atoms with Crippen LogP contribution in [0.15, 0.2) is 18.2 Å². The number of hydrogen-bond donors (Lipinski definition) is 1. The van der Waals surface area contributed by atoms with Crippen molar-refractivity contribution in [1.29, 1.82) is 0 Å². The quantitative estimate of drug-likeness (QED) is 0.851. The van der Waals surface area contributed by atoms with Gasteiger partial charge in [0.15, 0.2) is 0 Å². The summed E-state index contributed by atoms with van der Waals surface area (Å²) in [5.41, 5.74) is 0.759. The SMILES string of the molecule is O=C(O)c1cccc(COCC2CCCC2)n1. The molecule has 0 amide bonds. The van der Waals surface area contributed by atoms with Crippen LogP contribution in [0.4, 0.5) is 0 Å². The number of carbonyl (C=O) groups is 1. The number of carboxylic acid groups (broad SMARTS) is 1. The molecule has 0 saturated heterocycles. The highest BCUT2D eigenvalue weighted by molar-refractivity contribution is 5.85. The molecule has 1 N–H and O–H groups in total. The van der Waals surface area contributed by atoms with Crippen LogP contribution in [0, 0.1) is 5.92 Å². The molecule has 0 bridgehead atoms. The summed E-state index contributed by atoms with van der Waals surface area (Å²) in [6, 6.07) is 4.98. The summed E-state index contributed by atoms with van der Waals surface area (Å²) in [6.07, 6.45) is 5.12. The van der Waals surface area contributed by atoms with E-state index >= 15 is 0 Å². The van der Waals surface area contributed by atoms with Crippen LogP contribution in [0.3, 0.4) is 0 Å². The van der Waals surface area contributed by atoms with Crippen LogP contribution in [0.5, 0.6) is 0 Å². The van der Waals surface area contributed by atoms with Gasteiger partial charge in [0.1, 0.15) is 5.69 Å². The molecule has 0 aliphatic heterocycles. The highest BCUT2D eigenvalue weighted by Gasteiger charge is 2.15. The van der Waals surface area contributed by atoms with Crippen molar-refractivity contribution in [3.8, 4) is 0 Å². The van der Waals surface area contributed by atoms with Gasteiger partial charge in [-0.1, -0.05) is 18.9 Å². The predicted octanol–water partition coefficient (Wildman–Crippen LogP) is 2.49. The highest BCUT2D eigenvalue weighted by atomic mass is 16.5. The average Bonchev–Trinajstić information content (AvgIpc) is 2.82. The first-order chi connectivity index (χ1) is 8.25. The fourth-order valence-electron chi connectivity index (χ4n) is 2.19. The van der Waals surface area contributed by atoms with E-state index in [-0.39, 0.29) is 5.69 Å². The second-order valence-corrected chi connectivity index (χ2v) is 4.48. The number of hydrogen-bond acceptors (Lipinski definition) is 3. The van der Waals surface area contributed by atoms with Crippen molar-refractivity contribution >= 4 is 5.97 Å². The number of aromatic carboxylic acids is 1. The van der Waals surface area contributed by atoms with Gasteiger partial charge in [-0.25, -0.2) is 9.78 Å². The maximum Gasteiger partial charge on any atom is 0.354 e. The van der Waals surface area contributed by atoms with E-state index in [9.17, 15) is 4.79 Å². The van der Waals surface area contributed by atoms with Gasteiger partial charge in [0.05, 0.1) is 12.3 Å². The van der Waals surface area contributed by atoms with Crippen LogP contribution in [-0.2, 0) is 11.3 Å². The highest BCUT2D eigenvalue weighted by Crippen LogP contribution is 2.24. The van der Waals surface area contributed by atoms with Crippen LogP contribution < -0.4 is 0 Å². The fourth-order valence-corrected chi connectivity index (χ4v) is 2.19. The van der Waals surface area contributed by atoms with Gasteiger partial charge in [-0.2, -0.15) is 0 Å². The molecule has 1 saturated carbocycles. The lowest BCUT2D eigenvalue weighted by Crippen LogP contribution is -2.08. The number of ether oxygens (including phenoxy) is 1. The number of carboxylic acids is 1. The van der Waals surface area contributed by atoms with Crippen molar-refractivity contribution in [2.24, 2.45) is 5.92 Å². The Labute approximate surface area is 101 Å². The van der Waals surface area contributed by atoms with Gasteiger partial charge >= 0.3 is 5.97 Å². The topological polar surface area (TPSA) is 59.4 Å². The third-order valence-electron chi connectivity index (χ3n) is 3.10. The van der Waals surface area contributed by atoms with E-state index in [4.69, 9.17) is 9.84 Å². The van der Waals surface area contributed by atoms with Crippen molar-refractivity contribution in [1.82, 2.24) is 4.98 Å². The van der Waals surface area contributed by atoms with E-state index in [0.717, 1.165) is 6.61 Å². The van der Waals surface area contributed by atoms with E-state index in [1.807, 2.05) is 0 Å². The zero-order valence-electron chi connectivity index (χ0n) is 9.76. The standard InChI is InChI=1S/C13H17NO3/c15-13(16)12-7-3-6-11(14-12)9-17-8-10-4-1-2-5-10/h3,6-7,10H,1-2,4-5,8-9H2,(H,15,16). The number of rotatable bonds is 5. The van der Waals surface area contributed by atoms with Gasteiger partial charge in [-0.15, -0.1) is 0 Å². The Kier molecular flexibility index (Phi) is 4.09. The molecule has 1 aromatic rings. The van der Waals surface area contributed by atoms with Crippen molar-refractivity contribution in [3.63, 3.8) is 0 Å². The van der Waals surface area contributed by atoms with Gasteiger partial charge in [0.25, 0.3) is 0 Å². The summed E-state index contributed by atoms with van der Waals surface area (Å²) in [5, 5.41) is 8.80. The average molecular weight is 235 g/mol. The lowest BCUT2D eigenvalue weighted by atomic mass is 10.1. The predicted molar refractivity (Wildman–Crippen MR) is 62.8 cm³/mol. The third-order valence-corrected chi connectivity index (χ3v) is 3.10. The molecule has 4 nitrogen and oxygen atoms in total. The zero-order valence-corrected chi connectivity index (χ0v) is 9.76. The van der Waals surface area contributed by atoms with E-state index in [2.05, 4.69) is 4.98 Å². The molecule has 17 heavy (non-hydrogen) atoms. The van der Waals surface area contributed by atoms with Gasteiger partial charge < -0.3 is 9.84 Å². The lowest BCUT2D eigenvalue weighted by Gasteiger charge is -2.09. The minimum Gasteiger partial charge on any atom is -0.477 e. The molecule has 0 radical (unpaired) electrons. The van der Waals surface area contributed by atoms with Crippen LogP contribution in [0.2, 0.25) is 0 Å². The van der Waals surface area contributed by atoms with Gasteiger partial charge in [0.2, 0.25) is 0 Å². The second-order valence-electron chi connectivity index (χ2n) is 4.48. The molecule has 1 aliphatic carbocycles. The maximum atomic E-state index is 10.7. The van der Waals surface area contributed by atoms with Crippen molar-refractivity contribution in [3.05, 3.63) is 29.6 Å². The largest absolute Gasteiger partial charge is 0.477 e. The molecule has 2 rings (SSSR count). The Bertz CT molecular complexity index is 386. The number of pyridine rings is 1. The molecule has 1 fully saturated rings. The van der Waals surface area contributed by atoms with Crippen LogP contribution in [-0.4, -0.2) is 22.7 Å². The minimum atomic E-state index is -0.998. The Morgan fingerprint density at radius 3 is 2.88 bits per heavy atom.